The van der Waals surface area contributed by atoms with Crippen molar-refractivity contribution in [1.82, 2.24) is 0 Å². The zero-order valence-electron chi connectivity index (χ0n) is 5.18. The van der Waals surface area contributed by atoms with E-state index in [2.05, 4.69) is 0 Å². The third-order valence-corrected chi connectivity index (χ3v) is 1.48. The average Bonchev–Trinajstić information content (AvgIpc) is 1.94. The van der Waals surface area contributed by atoms with Crippen LogP contribution < -0.4 is 0 Å². The molecule has 0 saturated carbocycles. The summed E-state index contributed by atoms with van der Waals surface area (Å²) in [6, 6.07) is 6.57. The summed E-state index contributed by atoms with van der Waals surface area (Å²) in [6.45, 7) is 0.327. The summed E-state index contributed by atoms with van der Waals surface area (Å²) in [6.07, 6.45) is 0. The van der Waals surface area contributed by atoms with Gasteiger partial charge in [0.2, 0.25) is 0 Å². The van der Waals surface area contributed by atoms with E-state index in [0.29, 0.717) is 12.2 Å². The molecule has 0 spiro atoms. The maximum absolute atomic E-state index is 12.7. The van der Waals surface area contributed by atoms with Crippen LogP contribution in [0.4, 0.5) is 4.39 Å². The van der Waals surface area contributed by atoms with Crippen LogP contribution in [0.15, 0.2) is 24.3 Å². The molecule has 0 aromatic heterocycles. The fraction of sp³-hybridized carbons (Fsp3) is 0.143. The van der Waals surface area contributed by atoms with Gasteiger partial charge in [-0.25, -0.2) is 4.39 Å². The van der Waals surface area contributed by atoms with Gasteiger partial charge in [-0.05, 0) is 6.07 Å². The first-order valence-electron chi connectivity index (χ1n) is 2.81. The fourth-order valence-corrected chi connectivity index (χ4v) is 1.01. The zero-order chi connectivity index (χ0) is 7.40. The van der Waals surface area contributed by atoms with Gasteiger partial charge in [0.15, 0.2) is 0 Å². The third kappa shape index (κ3) is 1.91. The molecule has 0 aliphatic carbocycles. The smallest absolute Gasteiger partial charge is 0.128 e. The Labute approximate surface area is 72.9 Å². The number of benzene rings is 1. The van der Waals surface area contributed by atoms with Gasteiger partial charge < -0.3 is 3.07 Å². The number of hydrogen-bond donors (Lipinski definition) is 0. The Hall–Kier alpha value is -0.160. The van der Waals surface area contributed by atoms with Gasteiger partial charge in [0, 0.05) is 5.56 Å². The van der Waals surface area contributed by atoms with E-state index in [0.717, 1.165) is 0 Å². The highest BCUT2D eigenvalue weighted by Gasteiger charge is 1.97. The van der Waals surface area contributed by atoms with Crippen LogP contribution in [0.25, 0.3) is 0 Å². The van der Waals surface area contributed by atoms with Gasteiger partial charge in [-0.3, -0.25) is 0 Å². The Kier molecular flexibility index (Phi) is 3.08. The quantitative estimate of drug-likeness (QED) is 0.735. The molecule has 0 saturated heterocycles. The molecule has 0 radical (unpaired) electrons. The summed E-state index contributed by atoms with van der Waals surface area (Å²) < 4.78 is 17.4. The molecule has 0 aliphatic heterocycles. The van der Waals surface area contributed by atoms with Crippen LogP contribution >= 0.6 is 23.0 Å². The topological polar surface area (TPSA) is 9.23 Å². The summed E-state index contributed by atoms with van der Waals surface area (Å²) in [5.74, 6) is -0.209. The molecule has 54 valence electrons. The average molecular weight is 252 g/mol. The highest BCUT2D eigenvalue weighted by molar-refractivity contribution is 14.1. The number of halogens is 2. The molecule has 0 heterocycles. The molecule has 0 bridgehead atoms. The molecule has 1 aromatic rings. The minimum absolute atomic E-state index is 0.209. The van der Waals surface area contributed by atoms with Crippen LogP contribution in [0.1, 0.15) is 5.56 Å². The Morgan fingerprint density at radius 2 is 2.10 bits per heavy atom. The van der Waals surface area contributed by atoms with Gasteiger partial charge in [-0.2, -0.15) is 0 Å². The lowest BCUT2D eigenvalue weighted by atomic mass is 10.2. The first-order valence-corrected chi connectivity index (χ1v) is 3.69. The molecule has 1 rings (SSSR count). The molecule has 0 amide bonds. The predicted molar refractivity (Wildman–Crippen MR) is 45.2 cm³/mol. The minimum atomic E-state index is -0.209. The Morgan fingerprint density at radius 3 is 2.70 bits per heavy atom. The molecular formula is C7H6FIO. The second-order valence-electron chi connectivity index (χ2n) is 1.84. The first kappa shape index (κ1) is 7.94. The summed E-state index contributed by atoms with van der Waals surface area (Å²) in [7, 11) is 0. The van der Waals surface area contributed by atoms with Gasteiger partial charge in [-0.15, -0.1) is 0 Å². The van der Waals surface area contributed by atoms with Crippen LogP contribution in [0, 0.1) is 5.82 Å². The van der Waals surface area contributed by atoms with Crippen LogP contribution in [0.5, 0.6) is 0 Å². The summed E-state index contributed by atoms with van der Waals surface area (Å²) in [4.78, 5) is 0. The van der Waals surface area contributed by atoms with Crippen molar-refractivity contribution < 1.29 is 7.46 Å². The van der Waals surface area contributed by atoms with Gasteiger partial charge in [-0.1, -0.05) is 18.2 Å². The van der Waals surface area contributed by atoms with Crippen LogP contribution in [-0.4, -0.2) is 0 Å². The van der Waals surface area contributed by atoms with Gasteiger partial charge in [0.05, 0.1) is 6.61 Å². The van der Waals surface area contributed by atoms with Gasteiger partial charge >= 0.3 is 0 Å². The molecule has 3 heteroatoms. The molecule has 0 unspecified atom stereocenters. The molecule has 0 fully saturated rings. The van der Waals surface area contributed by atoms with Crippen molar-refractivity contribution >= 4 is 23.0 Å². The first-order chi connectivity index (χ1) is 4.84. The minimum Gasteiger partial charge on any atom is -0.311 e. The molecule has 1 aromatic carbocycles. The van der Waals surface area contributed by atoms with E-state index in [1.165, 1.54) is 6.07 Å². The van der Waals surface area contributed by atoms with Crippen molar-refractivity contribution in [3.05, 3.63) is 35.6 Å². The van der Waals surface area contributed by atoms with Crippen LogP contribution in [0.3, 0.4) is 0 Å². The van der Waals surface area contributed by atoms with E-state index in [1.54, 1.807) is 41.2 Å². The van der Waals surface area contributed by atoms with Crippen molar-refractivity contribution in [3.8, 4) is 0 Å². The lowest BCUT2D eigenvalue weighted by molar-refractivity contribution is 0.405. The number of rotatable bonds is 2. The van der Waals surface area contributed by atoms with Gasteiger partial charge in [0.25, 0.3) is 0 Å². The molecule has 10 heavy (non-hydrogen) atoms. The van der Waals surface area contributed by atoms with E-state index >= 15 is 0 Å². The van der Waals surface area contributed by atoms with Crippen molar-refractivity contribution in [2.75, 3.05) is 0 Å². The molecule has 0 aliphatic rings. The molecular weight excluding hydrogens is 246 g/mol. The molecule has 1 nitrogen and oxygen atoms in total. The lowest BCUT2D eigenvalue weighted by Gasteiger charge is -1.97. The lowest BCUT2D eigenvalue weighted by Crippen LogP contribution is -1.87. The highest BCUT2D eigenvalue weighted by Crippen LogP contribution is 2.08. The molecule has 0 atom stereocenters. The predicted octanol–water partition coefficient (Wildman–Crippen LogP) is 2.69. The maximum Gasteiger partial charge on any atom is 0.128 e. The Balaban J connectivity index is 2.81. The summed E-state index contributed by atoms with van der Waals surface area (Å²) in [5, 5.41) is 0. The largest absolute Gasteiger partial charge is 0.311 e. The molecule has 0 N–H and O–H groups in total. The van der Waals surface area contributed by atoms with Gasteiger partial charge in [0.1, 0.15) is 28.8 Å². The standard InChI is InChI=1S/C7H6FIO/c8-7-4-2-1-3-6(7)5-10-9/h1-4H,5H2. The fourth-order valence-electron chi connectivity index (χ4n) is 0.674. The second kappa shape index (κ2) is 3.88. The number of hydrogen-bond acceptors (Lipinski definition) is 1. The van der Waals surface area contributed by atoms with Crippen molar-refractivity contribution in [2.45, 2.75) is 6.61 Å². The van der Waals surface area contributed by atoms with Crippen LogP contribution in [0.2, 0.25) is 0 Å². The summed E-state index contributed by atoms with van der Waals surface area (Å²) >= 11 is 1.74. The van der Waals surface area contributed by atoms with Crippen LogP contribution in [-0.2, 0) is 9.67 Å². The zero-order valence-corrected chi connectivity index (χ0v) is 7.34. The maximum atomic E-state index is 12.7. The second-order valence-corrected chi connectivity index (χ2v) is 2.47. The van der Waals surface area contributed by atoms with Crippen molar-refractivity contribution in [3.63, 3.8) is 0 Å². The van der Waals surface area contributed by atoms with E-state index in [4.69, 9.17) is 3.07 Å². The van der Waals surface area contributed by atoms with E-state index in [-0.39, 0.29) is 5.82 Å². The van der Waals surface area contributed by atoms with E-state index < -0.39 is 0 Å². The highest BCUT2D eigenvalue weighted by atomic mass is 127. The monoisotopic (exact) mass is 252 g/mol. The Morgan fingerprint density at radius 1 is 1.40 bits per heavy atom. The van der Waals surface area contributed by atoms with E-state index in [9.17, 15) is 4.39 Å². The van der Waals surface area contributed by atoms with E-state index in [1.807, 2.05) is 0 Å². The Bertz CT molecular complexity index is 215. The van der Waals surface area contributed by atoms with Crippen molar-refractivity contribution in [1.29, 1.82) is 0 Å². The SMILES string of the molecule is Fc1ccccc1COI. The normalized spacial score (nSPS) is 9.80. The third-order valence-electron chi connectivity index (χ3n) is 1.17. The summed E-state index contributed by atoms with van der Waals surface area (Å²) in [5.41, 5.74) is 0.594. The van der Waals surface area contributed by atoms with Crippen molar-refractivity contribution in [2.24, 2.45) is 0 Å².